The average Bonchev–Trinajstić information content (AvgIpc) is 3.07. The van der Waals surface area contributed by atoms with Crippen molar-refractivity contribution in [2.45, 2.75) is 33.1 Å². The first-order valence-corrected chi connectivity index (χ1v) is 10.3. The van der Waals surface area contributed by atoms with E-state index in [1.807, 2.05) is 25.1 Å². The Bertz CT molecular complexity index is 988. The van der Waals surface area contributed by atoms with Crippen LogP contribution < -0.4 is 10.2 Å². The Kier molecular flexibility index (Phi) is 5.27. The van der Waals surface area contributed by atoms with Crippen molar-refractivity contribution in [3.05, 3.63) is 59.0 Å². The molecule has 28 heavy (non-hydrogen) atoms. The number of piperidine rings is 1. The lowest BCUT2D eigenvalue weighted by Crippen LogP contribution is -2.32. The Morgan fingerprint density at radius 3 is 2.57 bits per heavy atom. The van der Waals surface area contributed by atoms with E-state index in [1.165, 1.54) is 18.5 Å². The van der Waals surface area contributed by atoms with Crippen LogP contribution in [0.15, 0.2) is 42.6 Å². The Labute approximate surface area is 170 Å². The third-order valence-corrected chi connectivity index (χ3v) is 5.70. The van der Waals surface area contributed by atoms with Gasteiger partial charge >= 0.3 is 0 Å². The maximum Gasteiger partial charge on any atom is 0.274 e. The summed E-state index contributed by atoms with van der Waals surface area (Å²) in [4.78, 5) is 19.9. The highest BCUT2D eigenvalue weighted by Crippen LogP contribution is 2.25. The molecular formula is C22H25ClN4O. The molecular weight excluding hydrogens is 372 g/mol. The normalized spacial score (nSPS) is 15.2. The van der Waals surface area contributed by atoms with Crippen LogP contribution >= 0.6 is 11.6 Å². The summed E-state index contributed by atoms with van der Waals surface area (Å²) in [6.07, 6.45) is 4.87. The molecule has 146 valence electrons. The third kappa shape index (κ3) is 3.72. The standard InChI is InChI=1S/C22H25ClN4O/c1-3-19-21(27-14-16(23)4-9-20(27)25-19)22(28)24-17-5-7-18(8-6-17)26-12-10-15(2)11-13-26/h4-9,14-15H,3,10-13H2,1-2H3,(H,24,28). The van der Waals surface area contributed by atoms with E-state index in [0.29, 0.717) is 17.1 Å². The zero-order valence-corrected chi connectivity index (χ0v) is 17.0. The van der Waals surface area contributed by atoms with Crippen LogP contribution in [0.2, 0.25) is 5.02 Å². The van der Waals surface area contributed by atoms with Gasteiger partial charge in [-0.1, -0.05) is 25.4 Å². The number of rotatable bonds is 4. The molecule has 4 rings (SSSR count). The maximum atomic E-state index is 13.0. The van der Waals surface area contributed by atoms with E-state index >= 15 is 0 Å². The maximum absolute atomic E-state index is 13.0. The van der Waals surface area contributed by atoms with Crippen molar-refractivity contribution in [3.8, 4) is 0 Å². The van der Waals surface area contributed by atoms with Gasteiger partial charge in [-0.2, -0.15) is 0 Å². The summed E-state index contributed by atoms with van der Waals surface area (Å²) in [5, 5.41) is 3.58. The summed E-state index contributed by atoms with van der Waals surface area (Å²) >= 11 is 6.12. The zero-order valence-electron chi connectivity index (χ0n) is 16.3. The second-order valence-corrected chi connectivity index (χ2v) is 7.94. The number of halogens is 1. The van der Waals surface area contributed by atoms with Crippen molar-refractivity contribution < 1.29 is 4.79 Å². The molecule has 3 aromatic rings. The second-order valence-electron chi connectivity index (χ2n) is 7.51. The van der Waals surface area contributed by atoms with Gasteiger partial charge in [0.2, 0.25) is 0 Å². The number of nitrogens with zero attached hydrogens (tertiary/aromatic N) is 3. The minimum absolute atomic E-state index is 0.175. The van der Waals surface area contributed by atoms with Crippen LogP contribution in [-0.2, 0) is 6.42 Å². The minimum Gasteiger partial charge on any atom is -0.372 e. The number of carbonyl (C=O) groups excluding carboxylic acids is 1. The molecule has 0 spiro atoms. The zero-order chi connectivity index (χ0) is 19.7. The SMILES string of the molecule is CCc1nc2ccc(Cl)cn2c1C(=O)Nc1ccc(N2CCC(C)CC2)cc1. The lowest BCUT2D eigenvalue weighted by molar-refractivity contribution is 0.102. The highest BCUT2D eigenvalue weighted by atomic mass is 35.5. The first-order chi connectivity index (χ1) is 13.5. The van der Waals surface area contributed by atoms with Crippen LogP contribution in [0.4, 0.5) is 11.4 Å². The first-order valence-electron chi connectivity index (χ1n) is 9.88. The molecule has 0 atom stereocenters. The van der Waals surface area contributed by atoms with E-state index in [9.17, 15) is 4.79 Å². The number of aromatic nitrogens is 2. The number of hydrogen-bond acceptors (Lipinski definition) is 3. The lowest BCUT2D eigenvalue weighted by atomic mass is 9.99. The smallest absolute Gasteiger partial charge is 0.274 e. The van der Waals surface area contributed by atoms with E-state index in [1.54, 1.807) is 16.7 Å². The number of pyridine rings is 1. The Morgan fingerprint density at radius 2 is 1.89 bits per heavy atom. The fraction of sp³-hybridized carbons (Fsp3) is 0.364. The number of carbonyl (C=O) groups is 1. The molecule has 1 aliphatic heterocycles. The molecule has 1 N–H and O–H groups in total. The van der Waals surface area contributed by atoms with Crippen LogP contribution in [0.1, 0.15) is 42.9 Å². The second kappa shape index (κ2) is 7.84. The Hall–Kier alpha value is -2.53. The van der Waals surface area contributed by atoms with Crippen LogP contribution in [0.3, 0.4) is 0 Å². The molecule has 5 nitrogen and oxygen atoms in total. The third-order valence-electron chi connectivity index (χ3n) is 5.48. The van der Waals surface area contributed by atoms with Crippen LogP contribution in [0, 0.1) is 5.92 Å². The number of fused-ring (bicyclic) bond motifs is 1. The van der Waals surface area contributed by atoms with E-state index in [0.717, 1.165) is 36.0 Å². The average molecular weight is 397 g/mol. The van der Waals surface area contributed by atoms with Crippen molar-refractivity contribution >= 4 is 34.5 Å². The number of nitrogens with one attached hydrogen (secondary N) is 1. The predicted octanol–water partition coefficient (Wildman–Crippen LogP) is 5.04. The molecule has 3 heterocycles. The van der Waals surface area contributed by atoms with E-state index in [-0.39, 0.29) is 5.91 Å². The first kappa shape index (κ1) is 18.8. The summed E-state index contributed by atoms with van der Waals surface area (Å²) < 4.78 is 1.76. The quantitative estimate of drug-likeness (QED) is 0.672. The molecule has 1 fully saturated rings. The van der Waals surface area contributed by atoms with Crippen molar-refractivity contribution in [2.75, 3.05) is 23.3 Å². The highest BCUT2D eigenvalue weighted by Gasteiger charge is 2.19. The molecule has 0 radical (unpaired) electrons. The van der Waals surface area contributed by atoms with Gasteiger partial charge in [0, 0.05) is 30.7 Å². The number of benzene rings is 1. The van der Waals surface area contributed by atoms with Gasteiger partial charge < -0.3 is 10.2 Å². The Morgan fingerprint density at radius 1 is 1.18 bits per heavy atom. The number of imidazole rings is 1. The summed E-state index contributed by atoms with van der Waals surface area (Å²) in [6.45, 7) is 6.49. The van der Waals surface area contributed by atoms with Gasteiger partial charge in [0.15, 0.2) is 0 Å². The number of anilines is 2. The van der Waals surface area contributed by atoms with Gasteiger partial charge in [0.05, 0.1) is 10.7 Å². The molecule has 1 amide bonds. The highest BCUT2D eigenvalue weighted by molar-refractivity contribution is 6.30. The topological polar surface area (TPSA) is 49.6 Å². The monoisotopic (exact) mass is 396 g/mol. The van der Waals surface area contributed by atoms with Gasteiger partial charge in [-0.05, 0) is 61.6 Å². The molecule has 0 bridgehead atoms. The summed E-state index contributed by atoms with van der Waals surface area (Å²) in [5.41, 5.74) is 4.01. The Balaban J connectivity index is 1.54. The number of aryl methyl sites for hydroxylation is 1. The summed E-state index contributed by atoms with van der Waals surface area (Å²) in [5.74, 6) is 0.632. The van der Waals surface area contributed by atoms with E-state index in [4.69, 9.17) is 11.6 Å². The molecule has 2 aromatic heterocycles. The van der Waals surface area contributed by atoms with Gasteiger partial charge in [0.25, 0.3) is 5.91 Å². The van der Waals surface area contributed by atoms with E-state index in [2.05, 4.69) is 34.3 Å². The molecule has 6 heteroatoms. The van der Waals surface area contributed by atoms with E-state index < -0.39 is 0 Å². The van der Waals surface area contributed by atoms with Crippen molar-refractivity contribution in [2.24, 2.45) is 5.92 Å². The fourth-order valence-corrected chi connectivity index (χ4v) is 3.93. The van der Waals surface area contributed by atoms with Crippen LogP contribution in [0.25, 0.3) is 5.65 Å². The van der Waals surface area contributed by atoms with Gasteiger partial charge in [-0.25, -0.2) is 4.98 Å². The lowest BCUT2D eigenvalue weighted by Gasteiger charge is -2.32. The van der Waals surface area contributed by atoms with Crippen LogP contribution in [0.5, 0.6) is 0 Å². The van der Waals surface area contributed by atoms with Gasteiger partial charge in [-0.3, -0.25) is 9.20 Å². The van der Waals surface area contributed by atoms with Crippen LogP contribution in [-0.4, -0.2) is 28.4 Å². The molecule has 1 aliphatic rings. The number of hydrogen-bond donors (Lipinski definition) is 1. The fourth-order valence-electron chi connectivity index (χ4n) is 3.77. The number of amides is 1. The van der Waals surface area contributed by atoms with Crippen molar-refractivity contribution in [1.29, 1.82) is 0 Å². The minimum atomic E-state index is -0.175. The van der Waals surface area contributed by atoms with Crippen molar-refractivity contribution in [3.63, 3.8) is 0 Å². The predicted molar refractivity (Wildman–Crippen MR) is 115 cm³/mol. The molecule has 0 unspecified atom stereocenters. The van der Waals surface area contributed by atoms with Gasteiger partial charge in [-0.15, -0.1) is 0 Å². The van der Waals surface area contributed by atoms with Gasteiger partial charge in [0.1, 0.15) is 11.3 Å². The molecule has 0 saturated carbocycles. The van der Waals surface area contributed by atoms with Crippen molar-refractivity contribution in [1.82, 2.24) is 9.38 Å². The summed E-state index contributed by atoms with van der Waals surface area (Å²) in [7, 11) is 0. The summed E-state index contributed by atoms with van der Waals surface area (Å²) in [6, 6.07) is 11.7. The molecule has 0 aliphatic carbocycles. The molecule has 1 saturated heterocycles. The largest absolute Gasteiger partial charge is 0.372 e. The molecule has 1 aromatic carbocycles.